The summed E-state index contributed by atoms with van der Waals surface area (Å²) in [6.45, 7) is 2.57. The quantitative estimate of drug-likeness (QED) is 0.753. The Labute approximate surface area is 132 Å². The Morgan fingerprint density at radius 2 is 1.48 bits per heavy atom. The van der Waals surface area contributed by atoms with Gasteiger partial charge in [-0.15, -0.1) is 0 Å². The minimum Gasteiger partial charge on any atom is -0.399 e. The number of benzene rings is 2. The number of anilines is 2. The lowest BCUT2D eigenvalue weighted by Crippen LogP contribution is -2.40. The fourth-order valence-corrected chi connectivity index (χ4v) is 2.56. The van der Waals surface area contributed by atoms with E-state index in [1.54, 1.807) is 0 Å². The number of hydrogen-bond donors (Lipinski definition) is 3. The van der Waals surface area contributed by atoms with Crippen LogP contribution in [-0.4, -0.2) is 11.3 Å². The van der Waals surface area contributed by atoms with Crippen molar-refractivity contribution in [2.75, 3.05) is 11.5 Å². The van der Waals surface area contributed by atoms with E-state index < -0.39 is 17.7 Å². The normalized spacial score (nSPS) is 15.9. The van der Waals surface area contributed by atoms with Gasteiger partial charge in [-0.2, -0.15) is 13.2 Å². The molecule has 3 nitrogen and oxygen atoms in total. The van der Waals surface area contributed by atoms with Gasteiger partial charge in [-0.25, -0.2) is 0 Å². The first kappa shape index (κ1) is 17.1. The van der Waals surface area contributed by atoms with Crippen LogP contribution in [0.2, 0.25) is 0 Å². The van der Waals surface area contributed by atoms with E-state index >= 15 is 0 Å². The van der Waals surface area contributed by atoms with Gasteiger partial charge in [0.25, 0.3) is 0 Å². The summed E-state index contributed by atoms with van der Waals surface area (Å²) in [5.41, 5.74) is 10.1. The Balaban J connectivity index is 2.69. The number of aliphatic hydroxyl groups is 1. The first-order chi connectivity index (χ1) is 10.6. The van der Waals surface area contributed by atoms with Crippen LogP contribution in [0.15, 0.2) is 42.5 Å². The van der Waals surface area contributed by atoms with E-state index in [0.29, 0.717) is 5.69 Å². The third-order valence-electron chi connectivity index (χ3n) is 4.17. The van der Waals surface area contributed by atoms with Crippen LogP contribution in [-0.2, 0) is 5.41 Å². The van der Waals surface area contributed by atoms with Gasteiger partial charge < -0.3 is 16.6 Å². The number of halogens is 3. The van der Waals surface area contributed by atoms with Crippen molar-refractivity contribution in [3.63, 3.8) is 0 Å². The van der Waals surface area contributed by atoms with Crippen molar-refractivity contribution in [3.05, 3.63) is 59.2 Å². The monoisotopic (exact) mass is 324 g/mol. The highest BCUT2D eigenvalue weighted by molar-refractivity contribution is 5.54. The fourth-order valence-electron chi connectivity index (χ4n) is 2.56. The summed E-state index contributed by atoms with van der Waals surface area (Å²) in [6, 6.07) is 9.63. The topological polar surface area (TPSA) is 72.3 Å². The van der Waals surface area contributed by atoms with Gasteiger partial charge in [-0.05, 0) is 49.2 Å². The van der Waals surface area contributed by atoms with E-state index in [4.69, 9.17) is 11.5 Å². The molecule has 2 unspecified atom stereocenters. The Morgan fingerprint density at radius 3 is 1.96 bits per heavy atom. The standard InChI is InChI=1S/C17H19F3N2O/c1-10(23)14-9-12(5-8-15(14)22)16(2,17(18,19)20)11-3-6-13(21)7-4-11/h3-10,23H,21-22H2,1-2H3. The van der Waals surface area contributed by atoms with Crippen LogP contribution in [0.4, 0.5) is 24.5 Å². The zero-order valence-electron chi connectivity index (χ0n) is 12.9. The molecule has 0 aromatic heterocycles. The molecule has 23 heavy (non-hydrogen) atoms. The van der Waals surface area contributed by atoms with E-state index in [9.17, 15) is 18.3 Å². The van der Waals surface area contributed by atoms with Crippen molar-refractivity contribution < 1.29 is 18.3 Å². The molecule has 0 spiro atoms. The zero-order valence-corrected chi connectivity index (χ0v) is 12.9. The van der Waals surface area contributed by atoms with Crippen LogP contribution in [0.5, 0.6) is 0 Å². The average Bonchev–Trinajstić information content (AvgIpc) is 2.46. The minimum atomic E-state index is -4.53. The van der Waals surface area contributed by atoms with Crippen molar-refractivity contribution in [1.29, 1.82) is 0 Å². The molecular weight excluding hydrogens is 305 g/mol. The van der Waals surface area contributed by atoms with Crippen LogP contribution in [0.3, 0.4) is 0 Å². The maximum Gasteiger partial charge on any atom is 0.402 e. The molecule has 0 aliphatic carbocycles. The summed E-state index contributed by atoms with van der Waals surface area (Å²) in [4.78, 5) is 0. The van der Waals surface area contributed by atoms with Gasteiger partial charge >= 0.3 is 6.18 Å². The number of rotatable bonds is 3. The van der Waals surface area contributed by atoms with Gasteiger partial charge in [-0.1, -0.05) is 18.2 Å². The molecule has 2 aromatic rings. The van der Waals surface area contributed by atoms with Crippen molar-refractivity contribution >= 4 is 11.4 Å². The maximum atomic E-state index is 13.9. The lowest BCUT2D eigenvalue weighted by molar-refractivity contribution is -0.173. The molecular formula is C17H19F3N2O. The Morgan fingerprint density at radius 1 is 0.957 bits per heavy atom. The molecule has 0 heterocycles. The SMILES string of the molecule is CC(O)c1cc(C(C)(c2ccc(N)cc2)C(F)(F)F)ccc1N. The largest absolute Gasteiger partial charge is 0.402 e. The van der Waals surface area contributed by atoms with Crippen molar-refractivity contribution in [1.82, 2.24) is 0 Å². The second-order valence-electron chi connectivity index (χ2n) is 5.76. The van der Waals surface area contributed by atoms with Crippen molar-refractivity contribution in [2.45, 2.75) is 31.5 Å². The fraction of sp³-hybridized carbons (Fsp3) is 0.294. The number of alkyl halides is 3. The molecule has 0 saturated carbocycles. The molecule has 2 rings (SSSR count). The predicted octanol–water partition coefficient (Wildman–Crippen LogP) is 3.77. The summed E-state index contributed by atoms with van der Waals surface area (Å²) in [5.74, 6) is 0. The first-order valence-corrected chi connectivity index (χ1v) is 7.08. The maximum absolute atomic E-state index is 13.9. The molecule has 5 N–H and O–H groups in total. The molecule has 0 radical (unpaired) electrons. The van der Waals surface area contributed by atoms with E-state index in [1.165, 1.54) is 49.4 Å². The van der Waals surface area contributed by atoms with Crippen molar-refractivity contribution in [3.8, 4) is 0 Å². The zero-order chi connectivity index (χ0) is 17.4. The van der Waals surface area contributed by atoms with E-state index in [1.807, 2.05) is 0 Å². The van der Waals surface area contributed by atoms with Gasteiger partial charge in [0, 0.05) is 16.9 Å². The van der Waals surface area contributed by atoms with Gasteiger partial charge in [0.1, 0.15) is 5.41 Å². The highest BCUT2D eigenvalue weighted by atomic mass is 19.4. The highest BCUT2D eigenvalue weighted by Gasteiger charge is 2.53. The molecule has 0 fully saturated rings. The number of nitrogens with two attached hydrogens (primary N) is 2. The van der Waals surface area contributed by atoms with Crippen LogP contribution in [0, 0.1) is 0 Å². The molecule has 0 aliphatic rings. The summed E-state index contributed by atoms with van der Waals surface area (Å²) >= 11 is 0. The highest BCUT2D eigenvalue weighted by Crippen LogP contribution is 2.47. The van der Waals surface area contributed by atoms with Gasteiger partial charge in [0.2, 0.25) is 0 Å². The number of aliphatic hydroxyl groups excluding tert-OH is 1. The third-order valence-corrected chi connectivity index (χ3v) is 4.17. The summed E-state index contributed by atoms with van der Waals surface area (Å²) in [6.07, 6.45) is -5.49. The summed E-state index contributed by atoms with van der Waals surface area (Å²) in [7, 11) is 0. The van der Waals surface area contributed by atoms with Gasteiger partial charge in [0.05, 0.1) is 6.10 Å². The Bertz CT molecular complexity index is 696. The van der Waals surface area contributed by atoms with Crippen LogP contribution in [0.25, 0.3) is 0 Å². The molecule has 2 aromatic carbocycles. The lowest BCUT2D eigenvalue weighted by atomic mass is 9.74. The third kappa shape index (κ3) is 2.99. The van der Waals surface area contributed by atoms with Crippen LogP contribution in [0.1, 0.15) is 36.6 Å². The average molecular weight is 324 g/mol. The Hall–Kier alpha value is -2.21. The van der Waals surface area contributed by atoms with Crippen molar-refractivity contribution in [2.24, 2.45) is 0 Å². The second kappa shape index (κ2) is 5.77. The molecule has 0 aliphatic heterocycles. The van der Waals surface area contributed by atoms with Gasteiger partial charge in [0.15, 0.2) is 0 Å². The smallest absolute Gasteiger partial charge is 0.399 e. The van der Waals surface area contributed by atoms with Crippen LogP contribution >= 0.6 is 0 Å². The number of nitrogen functional groups attached to an aromatic ring is 2. The molecule has 2 atom stereocenters. The first-order valence-electron chi connectivity index (χ1n) is 7.08. The summed E-state index contributed by atoms with van der Waals surface area (Å²) in [5, 5.41) is 9.73. The van der Waals surface area contributed by atoms with E-state index in [0.717, 1.165) is 6.92 Å². The predicted molar refractivity (Wildman–Crippen MR) is 84.9 cm³/mol. The van der Waals surface area contributed by atoms with Gasteiger partial charge in [-0.3, -0.25) is 0 Å². The Kier molecular flexibility index (Phi) is 4.30. The van der Waals surface area contributed by atoms with E-state index in [-0.39, 0.29) is 22.4 Å². The summed E-state index contributed by atoms with van der Waals surface area (Å²) < 4.78 is 41.7. The minimum absolute atomic E-state index is 0.0138. The lowest BCUT2D eigenvalue weighted by Gasteiger charge is -2.34. The van der Waals surface area contributed by atoms with Crippen LogP contribution < -0.4 is 11.5 Å². The van der Waals surface area contributed by atoms with E-state index in [2.05, 4.69) is 0 Å². The molecule has 6 heteroatoms. The number of hydrogen-bond acceptors (Lipinski definition) is 3. The molecule has 0 amide bonds. The molecule has 124 valence electrons. The second-order valence-corrected chi connectivity index (χ2v) is 5.76. The molecule has 0 saturated heterocycles. The molecule has 0 bridgehead atoms.